The van der Waals surface area contributed by atoms with E-state index < -0.39 is 0 Å². The molecule has 0 radical (unpaired) electrons. The van der Waals surface area contributed by atoms with Crippen LogP contribution in [-0.4, -0.2) is 18.9 Å². The Morgan fingerprint density at radius 3 is 2.42 bits per heavy atom. The summed E-state index contributed by atoms with van der Waals surface area (Å²) in [5.74, 6) is -0.199. The molecule has 3 nitrogen and oxygen atoms in total. The van der Waals surface area contributed by atoms with Gasteiger partial charge in [-0.15, -0.1) is 0 Å². The molecule has 0 saturated carbocycles. The molecular formula is C9H16O3. The zero-order valence-electron chi connectivity index (χ0n) is 7.92. The molecule has 0 amide bonds. The van der Waals surface area contributed by atoms with Crippen LogP contribution in [0.4, 0.5) is 0 Å². The van der Waals surface area contributed by atoms with Crippen LogP contribution in [0, 0.1) is 5.92 Å². The van der Waals surface area contributed by atoms with E-state index in [1.54, 1.807) is 6.92 Å². The molecule has 0 rings (SSSR count). The third-order valence-corrected chi connectivity index (χ3v) is 1.85. The first-order valence-corrected chi connectivity index (χ1v) is 4.21. The van der Waals surface area contributed by atoms with Crippen molar-refractivity contribution in [3.63, 3.8) is 0 Å². The average Bonchev–Trinajstić information content (AvgIpc) is 2.11. The molecule has 0 saturated heterocycles. The van der Waals surface area contributed by atoms with Crippen LogP contribution < -0.4 is 0 Å². The Kier molecular flexibility index (Phi) is 5.34. The summed E-state index contributed by atoms with van der Waals surface area (Å²) in [5, 5.41) is 0. The molecule has 12 heavy (non-hydrogen) atoms. The van der Waals surface area contributed by atoms with Crippen molar-refractivity contribution in [1.82, 2.24) is 0 Å². The fourth-order valence-corrected chi connectivity index (χ4v) is 0.873. The number of esters is 1. The molecule has 0 unspecified atom stereocenters. The molecular weight excluding hydrogens is 156 g/mol. The second-order valence-electron chi connectivity index (χ2n) is 2.86. The molecule has 0 aromatic carbocycles. The van der Waals surface area contributed by atoms with Gasteiger partial charge in [0.15, 0.2) is 0 Å². The molecule has 0 fully saturated rings. The van der Waals surface area contributed by atoms with E-state index >= 15 is 0 Å². The maximum absolute atomic E-state index is 10.9. The van der Waals surface area contributed by atoms with Crippen LogP contribution in [-0.2, 0) is 14.3 Å². The van der Waals surface area contributed by atoms with Gasteiger partial charge in [0.05, 0.1) is 13.0 Å². The zero-order valence-corrected chi connectivity index (χ0v) is 7.92. The highest BCUT2D eigenvalue weighted by atomic mass is 16.5. The first-order valence-electron chi connectivity index (χ1n) is 4.21. The predicted octanol–water partition coefficient (Wildman–Crippen LogP) is 1.55. The Morgan fingerprint density at radius 2 is 2.00 bits per heavy atom. The van der Waals surface area contributed by atoms with E-state index in [2.05, 4.69) is 4.74 Å². The van der Waals surface area contributed by atoms with Crippen molar-refractivity contribution in [2.75, 3.05) is 7.11 Å². The number of hydrogen-bond acceptors (Lipinski definition) is 3. The summed E-state index contributed by atoms with van der Waals surface area (Å²) >= 11 is 0. The van der Waals surface area contributed by atoms with Gasteiger partial charge in [0.25, 0.3) is 0 Å². The molecule has 0 aliphatic carbocycles. The van der Waals surface area contributed by atoms with Gasteiger partial charge in [-0.2, -0.15) is 0 Å². The summed E-state index contributed by atoms with van der Waals surface area (Å²) in [6.07, 6.45) is 1.63. The van der Waals surface area contributed by atoms with E-state index in [4.69, 9.17) is 0 Å². The topological polar surface area (TPSA) is 43.4 Å². The summed E-state index contributed by atoms with van der Waals surface area (Å²) in [6, 6.07) is 0. The van der Waals surface area contributed by atoms with Crippen LogP contribution in [0.3, 0.4) is 0 Å². The van der Waals surface area contributed by atoms with Gasteiger partial charge >= 0.3 is 5.97 Å². The number of methoxy groups -OCH3 is 1. The van der Waals surface area contributed by atoms with Gasteiger partial charge in [-0.05, 0) is 6.42 Å². The second kappa shape index (κ2) is 5.75. The normalized spacial score (nSPS) is 12.2. The van der Waals surface area contributed by atoms with Gasteiger partial charge in [0.1, 0.15) is 5.78 Å². The first-order chi connectivity index (χ1) is 5.61. The van der Waals surface area contributed by atoms with Crippen LogP contribution in [0.25, 0.3) is 0 Å². The van der Waals surface area contributed by atoms with Crippen molar-refractivity contribution in [3.05, 3.63) is 0 Å². The summed E-state index contributed by atoms with van der Waals surface area (Å²) in [4.78, 5) is 21.8. The Balaban J connectivity index is 3.63. The van der Waals surface area contributed by atoms with Crippen molar-refractivity contribution in [2.45, 2.75) is 33.1 Å². The highest BCUT2D eigenvalue weighted by Gasteiger charge is 2.13. The van der Waals surface area contributed by atoms with E-state index in [0.29, 0.717) is 19.3 Å². The quantitative estimate of drug-likeness (QED) is 0.591. The van der Waals surface area contributed by atoms with Crippen molar-refractivity contribution in [3.8, 4) is 0 Å². The van der Waals surface area contributed by atoms with Crippen LogP contribution in [0.15, 0.2) is 0 Å². The van der Waals surface area contributed by atoms with Crippen LogP contribution in [0.1, 0.15) is 33.1 Å². The fourth-order valence-electron chi connectivity index (χ4n) is 0.873. The fraction of sp³-hybridized carbons (Fsp3) is 0.778. The minimum absolute atomic E-state index is 0.162. The van der Waals surface area contributed by atoms with E-state index in [-0.39, 0.29) is 17.7 Å². The molecule has 3 heteroatoms. The van der Waals surface area contributed by atoms with Crippen molar-refractivity contribution in [2.24, 2.45) is 5.92 Å². The predicted molar refractivity (Wildman–Crippen MR) is 45.7 cm³/mol. The van der Waals surface area contributed by atoms with Gasteiger partial charge in [0.2, 0.25) is 0 Å². The molecule has 0 aliphatic heterocycles. The molecule has 0 N–H and O–H groups in total. The molecule has 0 heterocycles. The largest absolute Gasteiger partial charge is 0.469 e. The van der Waals surface area contributed by atoms with E-state index in [1.165, 1.54) is 7.11 Å². The third-order valence-electron chi connectivity index (χ3n) is 1.85. The summed E-state index contributed by atoms with van der Waals surface area (Å²) in [6.45, 7) is 3.60. The average molecular weight is 172 g/mol. The lowest BCUT2D eigenvalue weighted by Crippen LogP contribution is -2.13. The zero-order chi connectivity index (χ0) is 9.56. The summed E-state index contributed by atoms with van der Waals surface area (Å²) < 4.78 is 4.53. The Morgan fingerprint density at radius 1 is 1.42 bits per heavy atom. The number of ketones is 1. The standard InChI is InChI=1S/C9H16O3/c1-4-8(10)6-5-7(2)9(11)12-3/h7H,4-6H2,1-3H3/t7-/m0/s1. The van der Waals surface area contributed by atoms with Gasteiger partial charge in [-0.25, -0.2) is 0 Å². The maximum Gasteiger partial charge on any atom is 0.308 e. The number of hydrogen-bond donors (Lipinski definition) is 0. The second-order valence-corrected chi connectivity index (χ2v) is 2.86. The highest BCUT2D eigenvalue weighted by Crippen LogP contribution is 2.08. The van der Waals surface area contributed by atoms with Gasteiger partial charge in [-0.1, -0.05) is 13.8 Å². The van der Waals surface area contributed by atoms with E-state index in [0.717, 1.165) is 0 Å². The number of Topliss-reactive ketones (excluding diaryl/α,β-unsaturated/α-hetero) is 1. The lowest BCUT2D eigenvalue weighted by molar-refractivity contribution is -0.145. The molecule has 70 valence electrons. The highest BCUT2D eigenvalue weighted by molar-refractivity contribution is 5.79. The summed E-state index contributed by atoms with van der Waals surface area (Å²) in [5.41, 5.74) is 0. The van der Waals surface area contributed by atoms with Crippen LogP contribution in [0.2, 0.25) is 0 Å². The first kappa shape index (κ1) is 11.1. The minimum Gasteiger partial charge on any atom is -0.469 e. The monoisotopic (exact) mass is 172 g/mol. The minimum atomic E-state index is -0.237. The third kappa shape index (κ3) is 4.11. The van der Waals surface area contributed by atoms with Crippen LogP contribution in [0.5, 0.6) is 0 Å². The number of rotatable bonds is 5. The molecule has 1 atom stereocenters. The summed E-state index contributed by atoms with van der Waals surface area (Å²) in [7, 11) is 1.36. The van der Waals surface area contributed by atoms with Crippen LogP contribution >= 0.6 is 0 Å². The molecule has 0 spiro atoms. The Labute approximate surface area is 73.1 Å². The van der Waals surface area contributed by atoms with Gasteiger partial charge < -0.3 is 4.74 Å². The lowest BCUT2D eigenvalue weighted by Gasteiger charge is -2.06. The smallest absolute Gasteiger partial charge is 0.308 e. The Hall–Kier alpha value is -0.860. The molecule has 0 aromatic rings. The van der Waals surface area contributed by atoms with Crippen molar-refractivity contribution < 1.29 is 14.3 Å². The molecule has 0 aliphatic rings. The molecule has 0 aromatic heterocycles. The number of ether oxygens (including phenoxy) is 1. The lowest BCUT2D eigenvalue weighted by atomic mass is 10.0. The van der Waals surface area contributed by atoms with Crippen molar-refractivity contribution in [1.29, 1.82) is 0 Å². The van der Waals surface area contributed by atoms with Gasteiger partial charge in [-0.3, -0.25) is 9.59 Å². The maximum atomic E-state index is 10.9. The SMILES string of the molecule is CCC(=O)CC[C@H](C)C(=O)OC. The van der Waals surface area contributed by atoms with Crippen molar-refractivity contribution >= 4 is 11.8 Å². The number of carbonyl (C=O) groups excluding carboxylic acids is 2. The Bertz CT molecular complexity index is 163. The van der Waals surface area contributed by atoms with E-state index in [9.17, 15) is 9.59 Å². The molecule has 0 bridgehead atoms. The number of carbonyl (C=O) groups is 2. The van der Waals surface area contributed by atoms with E-state index in [1.807, 2.05) is 6.92 Å². The van der Waals surface area contributed by atoms with Gasteiger partial charge in [0, 0.05) is 12.8 Å².